The van der Waals surface area contributed by atoms with Crippen LogP contribution in [0.3, 0.4) is 0 Å². The molecule has 0 aliphatic carbocycles. The number of rotatable bonds is 6. The number of aliphatic hydroxyl groups excluding tert-OH is 1. The molecule has 1 rings (SSSR count). The molecule has 0 spiro atoms. The van der Waals surface area contributed by atoms with Gasteiger partial charge in [0.05, 0.1) is 6.61 Å². The lowest BCUT2D eigenvalue weighted by molar-refractivity contribution is -0.0133. The highest BCUT2D eigenvalue weighted by Crippen LogP contribution is 2.06. The third-order valence-corrected chi connectivity index (χ3v) is 3.86. The van der Waals surface area contributed by atoms with E-state index in [-0.39, 0.29) is 6.09 Å². The number of amides is 1. The van der Waals surface area contributed by atoms with Gasteiger partial charge in [-0.3, -0.25) is 4.90 Å². The molecule has 1 atom stereocenters. The molecule has 1 amide bonds. The van der Waals surface area contributed by atoms with Crippen LogP contribution < -0.4 is 0 Å². The van der Waals surface area contributed by atoms with Gasteiger partial charge in [-0.25, -0.2) is 4.79 Å². The summed E-state index contributed by atoms with van der Waals surface area (Å²) in [7, 11) is 2.07. The Kier molecular flexibility index (Phi) is 7.26. The Morgan fingerprint density at radius 1 is 1.25 bits per heavy atom. The molecule has 1 N–H and O–H groups in total. The first-order valence-electron chi connectivity index (χ1n) is 7.46. The summed E-state index contributed by atoms with van der Waals surface area (Å²) in [6.07, 6.45) is 0.177. The van der Waals surface area contributed by atoms with Gasteiger partial charge in [0.15, 0.2) is 0 Å². The number of carbonyl (C=O) groups is 1. The first-order chi connectivity index (χ1) is 9.41. The van der Waals surface area contributed by atoms with Crippen molar-refractivity contribution in [1.82, 2.24) is 14.7 Å². The minimum atomic E-state index is -0.445. The Balaban J connectivity index is 2.15. The molecule has 0 bridgehead atoms. The van der Waals surface area contributed by atoms with Crippen molar-refractivity contribution in [1.29, 1.82) is 0 Å². The summed E-state index contributed by atoms with van der Waals surface area (Å²) in [6, 6.07) is 0.513. The molecular formula is C14H29N3O3. The maximum absolute atomic E-state index is 11.9. The van der Waals surface area contributed by atoms with Crippen LogP contribution in [0.2, 0.25) is 0 Å². The van der Waals surface area contributed by atoms with Crippen molar-refractivity contribution in [2.24, 2.45) is 0 Å². The molecule has 0 aromatic heterocycles. The number of aliphatic hydroxyl groups is 1. The van der Waals surface area contributed by atoms with Gasteiger partial charge in [0.1, 0.15) is 6.23 Å². The van der Waals surface area contributed by atoms with Crippen molar-refractivity contribution in [3.63, 3.8) is 0 Å². The second-order valence-corrected chi connectivity index (χ2v) is 5.70. The van der Waals surface area contributed by atoms with Crippen molar-refractivity contribution >= 4 is 6.09 Å². The monoisotopic (exact) mass is 287 g/mol. The van der Waals surface area contributed by atoms with Gasteiger partial charge >= 0.3 is 6.09 Å². The smallest absolute Gasteiger partial charge is 0.409 e. The van der Waals surface area contributed by atoms with Gasteiger partial charge in [-0.15, -0.1) is 0 Å². The van der Waals surface area contributed by atoms with Crippen LogP contribution in [-0.4, -0.2) is 84.5 Å². The number of ether oxygens (including phenoxy) is 1. The normalized spacial score (nSPS) is 18.6. The van der Waals surface area contributed by atoms with Crippen LogP contribution >= 0.6 is 0 Å². The highest BCUT2D eigenvalue weighted by Gasteiger charge is 2.23. The second kappa shape index (κ2) is 8.44. The van der Waals surface area contributed by atoms with E-state index in [1.54, 1.807) is 11.8 Å². The molecule has 1 saturated heterocycles. The van der Waals surface area contributed by atoms with Crippen LogP contribution in [0.25, 0.3) is 0 Å². The van der Waals surface area contributed by atoms with Crippen LogP contribution in [0.15, 0.2) is 0 Å². The van der Waals surface area contributed by atoms with Gasteiger partial charge in [-0.2, -0.15) is 0 Å². The number of hydrogen-bond acceptors (Lipinski definition) is 5. The Labute approximate surface area is 122 Å². The second-order valence-electron chi connectivity index (χ2n) is 5.70. The number of carbonyl (C=O) groups excluding carboxylic acids is 1. The van der Waals surface area contributed by atoms with Gasteiger partial charge in [0.2, 0.25) is 0 Å². The zero-order chi connectivity index (χ0) is 15.1. The van der Waals surface area contributed by atoms with Gasteiger partial charge in [0.25, 0.3) is 0 Å². The minimum absolute atomic E-state index is 0.234. The first-order valence-corrected chi connectivity index (χ1v) is 7.46. The largest absolute Gasteiger partial charge is 0.449 e. The molecule has 0 radical (unpaired) electrons. The van der Waals surface area contributed by atoms with E-state index in [0.29, 0.717) is 38.8 Å². The van der Waals surface area contributed by atoms with Crippen LogP contribution in [0.4, 0.5) is 4.79 Å². The maximum Gasteiger partial charge on any atom is 0.409 e. The van der Waals surface area contributed by atoms with Crippen LogP contribution in [0.1, 0.15) is 27.2 Å². The lowest BCUT2D eigenvalue weighted by Crippen LogP contribution is -2.51. The van der Waals surface area contributed by atoms with Gasteiger partial charge in [-0.05, 0) is 34.2 Å². The summed E-state index contributed by atoms with van der Waals surface area (Å²) in [5.74, 6) is 0. The summed E-state index contributed by atoms with van der Waals surface area (Å²) >= 11 is 0. The van der Waals surface area contributed by atoms with E-state index in [1.165, 1.54) is 0 Å². The molecule has 0 saturated carbocycles. The standard InChI is InChI=1S/C14H29N3O3/c1-12(2)15(4)6-5-11-20-14(19)17-9-7-16(8-10-17)13(3)18/h12-13,18H,5-11H2,1-4H3. The lowest BCUT2D eigenvalue weighted by Gasteiger charge is -2.35. The molecule has 20 heavy (non-hydrogen) atoms. The van der Waals surface area contributed by atoms with Crippen molar-refractivity contribution < 1.29 is 14.6 Å². The molecule has 6 heteroatoms. The molecule has 118 valence electrons. The Bertz CT molecular complexity index is 289. The Morgan fingerprint density at radius 2 is 1.85 bits per heavy atom. The van der Waals surface area contributed by atoms with E-state index >= 15 is 0 Å². The molecule has 0 aromatic carbocycles. The third kappa shape index (κ3) is 5.64. The summed E-state index contributed by atoms with van der Waals surface area (Å²) < 4.78 is 5.29. The van der Waals surface area contributed by atoms with E-state index in [1.807, 2.05) is 4.90 Å². The van der Waals surface area contributed by atoms with E-state index in [9.17, 15) is 9.90 Å². The first kappa shape index (κ1) is 17.2. The van der Waals surface area contributed by atoms with Crippen LogP contribution in [-0.2, 0) is 4.74 Å². The molecule has 0 aromatic rings. The number of nitrogens with zero attached hydrogens (tertiary/aromatic N) is 3. The zero-order valence-electron chi connectivity index (χ0n) is 13.2. The summed E-state index contributed by atoms with van der Waals surface area (Å²) in [5, 5.41) is 9.46. The highest BCUT2D eigenvalue weighted by molar-refractivity contribution is 5.67. The molecule has 6 nitrogen and oxygen atoms in total. The average Bonchev–Trinajstić information content (AvgIpc) is 2.43. The minimum Gasteiger partial charge on any atom is -0.449 e. The zero-order valence-corrected chi connectivity index (χ0v) is 13.2. The predicted octanol–water partition coefficient (Wildman–Crippen LogP) is 0.809. The van der Waals surface area contributed by atoms with Gasteiger partial charge in [0, 0.05) is 38.8 Å². The fourth-order valence-electron chi connectivity index (χ4n) is 2.10. The van der Waals surface area contributed by atoms with E-state index in [2.05, 4.69) is 25.8 Å². The fraction of sp³-hybridized carbons (Fsp3) is 0.929. The van der Waals surface area contributed by atoms with Gasteiger partial charge < -0.3 is 19.6 Å². The molecule has 1 fully saturated rings. The number of piperazine rings is 1. The van der Waals surface area contributed by atoms with Crippen molar-refractivity contribution in [3.8, 4) is 0 Å². The molecular weight excluding hydrogens is 258 g/mol. The highest BCUT2D eigenvalue weighted by atomic mass is 16.6. The van der Waals surface area contributed by atoms with Crippen LogP contribution in [0, 0.1) is 0 Å². The molecule has 1 unspecified atom stereocenters. The summed E-state index contributed by atoms with van der Waals surface area (Å²) in [4.78, 5) is 17.8. The van der Waals surface area contributed by atoms with Crippen molar-refractivity contribution in [2.45, 2.75) is 39.5 Å². The number of hydrogen-bond donors (Lipinski definition) is 1. The van der Waals surface area contributed by atoms with Crippen molar-refractivity contribution in [3.05, 3.63) is 0 Å². The summed E-state index contributed by atoms with van der Waals surface area (Å²) in [5.41, 5.74) is 0. The van der Waals surface area contributed by atoms with Crippen molar-refractivity contribution in [2.75, 3.05) is 46.4 Å². The molecule has 1 heterocycles. The maximum atomic E-state index is 11.9. The van der Waals surface area contributed by atoms with Gasteiger partial charge in [-0.1, -0.05) is 0 Å². The average molecular weight is 287 g/mol. The lowest BCUT2D eigenvalue weighted by atomic mass is 10.3. The Hall–Kier alpha value is -0.850. The summed E-state index contributed by atoms with van der Waals surface area (Å²) in [6.45, 7) is 10.1. The predicted molar refractivity (Wildman–Crippen MR) is 78.6 cm³/mol. The topological polar surface area (TPSA) is 56.2 Å². The third-order valence-electron chi connectivity index (χ3n) is 3.86. The van der Waals surface area contributed by atoms with Crippen LogP contribution in [0.5, 0.6) is 0 Å². The van der Waals surface area contributed by atoms with E-state index in [4.69, 9.17) is 4.74 Å². The SMILES string of the molecule is CC(C)N(C)CCCOC(=O)N1CCN(C(C)O)CC1. The quantitative estimate of drug-likeness (QED) is 0.733. The molecule has 1 aliphatic rings. The van der Waals surface area contributed by atoms with E-state index < -0.39 is 6.23 Å². The van der Waals surface area contributed by atoms with E-state index in [0.717, 1.165) is 13.0 Å². The molecule has 1 aliphatic heterocycles. The Morgan fingerprint density at radius 3 is 2.35 bits per heavy atom. The fourth-order valence-corrected chi connectivity index (χ4v) is 2.10.